The lowest BCUT2D eigenvalue weighted by molar-refractivity contribution is 0.718. The fourth-order valence-corrected chi connectivity index (χ4v) is 10.6. The van der Waals surface area contributed by atoms with Crippen LogP contribution in [0.25, 0.3) is 66.4 Å². The fourth-order valence-electron chi connectivity index (χ4n) is 9.39. The van der Waals surface area contributed by atoms with Crippen LogP contribution in [0, 0.1) is 11.3 Å². The number of rotatable bonds is 2. The smallest absolute Gasteiger partial charge is 0.0991 e. The first-order chi connectivity index (χ1) is 26.7. The second-order valence-corrected chi connectivity index (χ2v) is 15.2. The first-order valence-corrected chi connectivity index (χ1v) is 18.9. The van der Waals surface area contributed by atoms with E-state index in [1.54, 1.807) is 0 Å². The summed E-state index contributed by atoms with van der Waals surface area (Å²) in [6.45, 7) is 0. The van der Waals surface area contributed by atoms with E-state index in [1.165, 1.54) is 42.7 Å². The summed E-state index contributed by atoms with van der Waals surface area (Å²) in [7, 11) is 0. The topological polar surface area (TPSA) is 59.4 Å². The van der Waals surface area contributed by atoms with E-state index in [1.807, 2.05) is 36.3 Å². The van der Waals surface area contributed by atoms with Gasteiger partial charge in [0.1, 0.15) is 0 Å². The van der Waals surface area contributed by atoms with Crippen molar-refractivity contribution < 1.29 is 0 Å². The summed E-state index contributed by atoms with van der Waals surface area (Å²) < 4.78 is 4.72. The molecule has 0 bridgehead atoms. The molecule has 1 spiro atoms. The highest BCUT2D eigenvalue weighted by molar-refractivity contribution is 7.99. The molecule has 2 aliphatic rings. The summed E-state index contributed by atoms with van der Waals surface area (Å²) in [6.07, 6.45) is 3.75. The Morgan fingerprint density at radius 1 is 0.463 bits per heavy atom. The van der Waals surface area contributed by atoms with Crippen molar-refractivity contribution in [3.8, 4) is 28.8 Å². The molecule has 1 aliphatic carbocycles. The van der Waals surface area contributed by atoms with Crippen LogP contribution in [0.3, 0.4) is 0 Å². The average Bonchev–Trinajstić information content (AvgIpc) is 3.85. The van der Waals surface area contributed by atoms with Gasteiger partial charge in [0.25, 0.3) is 0 Å². The highest BCUT2D eigenvalue weighted by Gasteiger charge is 2.51. The molecule has 0 saturated carbocycles. The number of hydrogen-bond acceptors (Lipinski definition) is 4. The fraction of sp³-hybridized carbons (Fsp3) is 0.0208. The number of pyridine rings is 2. The van der Waals surface area contributed by atoms with Crippen molar-refractivity contribution in [2.45, 2.75) is 15.2 Å². The SMILES string of the molecule is N#Cc1ccc2c(c1)c1cc(-n3c4ccccc4c4ccccc43)ccc1n2-c1ccc2c(c1)C1(c3ccccc3S2)c2cccnc2-c2ncccc21. The minimum absolute atomic E-state index is 0.586. The molecule has 0 N–H and O–H groups in total. The molecule has 10 aromatic rings. The van der Waals surface area contributed by atoms with E-state index in [2.05, 4.69) is 155 Å². The van der Waals surface area contributed by atoms with Crippen LogP contribution in [0.2, 0.25) is 0 Å². The van der Waals surface area contributed by atoms with Crippen LogP contribution >= 0.6 is 11.8 Å². The van der Waals surface area contributed by atoms with Gasteiger partial charge in [0.05, 0.1) is 50.5 Å². The first kappa shape index (κ1) is 29.6. The summed E-state index contributed by atoms with van der Waals surface area (Å²) in [6, 6.07) is 56.7. The Morgan fingerprint density at radius 3 is 1.70 bits per heavy atom. The number of fused-ring (bicyclic) bond motifs is 15. The molecule has 0 amide bonds. The molecule has 0 radical (unpaired) electrons. The van der Waals surface area contributed by atoms with E-state index in [0.29, 0.717) is 5.56 Å². The molecule has 5 heterocycles. The van der Waals surface area contributed by atoms with Gasteiger partial charge in [-0.15, -0.1) is 0 Å². The van der Waals surface area contributed by atoms with Gasteiger partial charge >= 0.3 is 0 Å². The molecule has 0 atom stereocenters. The van der Waals surface area contributed by atoms with Gasteiger partial charge in [-0.25, -0.2) is 0 Å². The molecular formula is C48H27N5S. The zero-order chi connectivity index (χ0) is 35.5. The lowest BCUT2D eigenvalue weighted by Crippen LogP contribution is -2.32. The Balaban J connectivity index is 1.15. The molecule has 54 heavy (non-hydrogen) atoms. The Labute approximate surface area is 314 Å². The maximum Gasteiger partial charge on any atom is 0.0991 e. The van der Waals surface area contributed by atoms with Crippen molar-refractivity contribution in [3.63, 3.8) is 0 Å². The molecule has 4 aromatic heterocycles. The zero-order valence-corrected chi connectivity index (χ0v) is 29.5. The molecular weight excluding hydrogens is 679 g/mol. The largest absolute Gasteiger partial charge is 0.309 e. The molecule has 0 saturated heterocycles. The minimum Gasteiger partial charge on any atom is -0.309 e. The van der Waals surface area contributed by atoms with Gasteiger partial charge in [0, 0.05) is 55.1 Å². The summed E-state index contributed by atoms with van der Waals surface area (Å²) >= 11 is 1.82. The van der Waals surface area contributed by atoms with Crippen molar-refractivity contribution >= 4 is 55.4 Å². The Morgan fingerprint density at radius 2 is 1.00 bits per heavy atom. The third-order valence-electron chi connectivity index (χ3n) is 11.5. The van der Waals surface area contributed by atoms with Gasteiger partial charge < -0.3 is 9.13 Å². The standard InChI is InChI=1S/C48H27N5S/c49-28-29-17-20-42-34(25-29)35-26-30(52-40-14-4-1-9-32(40)33-10-2-5-15-41(33)52)18-21-43(35)53(42)31-19-22-45-39(27-31)48(36-11-3-6-16-44(36)54-45)37-12-7-23-50-46(37)47-38(48)13-8-24-51-47/h1-27H. The van der Waals surface area contributed by atoms with E-state index in [0.717, 1.165) is 55.7 Å². The molecule has 6 aromatic carbocycles. The lowest BCUT2D eigenvalue weighted by atomic mass is 9.67. The van der Waals surface area contributed by atoms with Gasteiger partial charge in [-0.3, -0.25) is 9.97 Å². The minimum atomic E-state index is -0.586. The molecule has 6 heteroatoms. The van der Waals surface area contributed by atoms with Crippen molar-refractivity contribution in [3.05, 3.63) is 192 Å². The number of para-hydroxylation sites is 2. The summed E-state index contributed by atoms with van der Waals surface area (Å²) in [4.78, 5) is 12.3. The summed E-state index contributed by atoms with van der Waals surface area (Å²) in [5, 5.41) is 14.6. The van der Waals surface area contributed by atoms with Gasteiger partial charge in [0.2, 0.25) is 0 Å². The van der Waals surface area contributed by atoms with Crippen LogP contribution in [-0.4, -0.2) is 19.1 Å². The van der Waals surface area contributed by atoms with Gasteiger partial charge in [-0.2, -0.15) is 5.26 Å². The van der Waals surface area contributed by atoms with Crippen LogP contribution in [-0.2, 0) is 5.41 Å². The Hall–Kier alpha value is -6.94. The van der Waals surface area contributed by atoms with E-state index in [9.17, 15) is 5.26 Å². The number of aromatic nitrogens is 4. The molecule has 0 unspecified atom stereocenters. The van der Waals surface area contributed by atoms with Crippen molar-refractivity contribution in [2.75, 3.05) is 0 Å². The van der Waals surface area contributed by atoms with Crippen LogP contribution in [0.5, 0.6) is 0 Å². The van der Waals surface area contributed by atoms with Gasteiger partial charge in [0.15, 0.2) is 0 Å². The van der Waals surface area contributed by atoms with Crippen LogP contribution in [0.1, 0.15) is 27.8 Å². The van der Waals surface area contributed by atoms with E-state index in [-0.39, 0.29) is 0 Å². The highest BCUT2D eigenvalue weighted by atomic mass is 32.2. The Kier molecular flexibility index (Phi) is 5.92. The maximum atomic E-state index is 10.1. The first-order valence-electron chi connectivity index (χ1n) is 18.0. The van der Waals surface area contributed by atoms with Crippen LogP contribution in [0.4, 0.5) is 0 Å². The Bertz CT molecular complexity index is 3190. The summed E-state index contributed by atoms with van der Waals surface area (Å²) in [5.41, 5.74) is 13.3. The second kappa shape index (κ2) is 10.8. The maximum absolute atomic E-state index is 10.1. The van der Waals surface area contributed by atoms with E-state index < -0.39 is 5.41 Å². The van der Waals surface area contributed by atoms with Crippen LogP contribution < -0.4 is 0 Å². The van der Waals surface area contributed by atoms with Crippen molar-refractivity contribution in [2.24, 2.45) is 0 Å². The third-order valence-corrected chi connectivity index (χ3v) is 12.7. The molecule has 1 aliphatic heterocycles. The normalized spacial score (nSPS) is 13.6. The lowest BCUT2D eigenvalue weighted by Gasteiger charge is -2.39. The van der Waals surface area contributed by atoms with Gasteiger partial charge in [-0.1, -0.05) is 78.5 Å². The monoisotopic (exact) mass is 705 g/mol. The second-order valence-electron chi connectivity index (χ2n) is 14.1. The molecule has 0 fully saturated rings. The van der Waals surface area contributed by atoms with Crippen LogP contribution in [0.15, 0.2) is 174 Å². The van der Waals surface area contributed by atoms with E-state index >= 15 is 0 Å². The third kappa shape index (κ3) is 3.73. The summed E-state index contributed by atoms with van der Waals surface area (Å²) in [5.74, 6) is 0. The van der Waals surface area contributed by atoms with Crippen molar-refractivity contribution in [1.29, 1.82) is 5.26 Å². The van der Waals surface area contributed by atoms with Crippen molar-refractivity contribution in [1.82, 2.24) is 19.1 Å². The predicted octanol–water partition coefficient (Wildman–Crippen LogP) is 11.4. The number of hydrogen-bond donors (Lipinski definition) is 0. The predicted molar refractivity (Wildman–Crippen MR) is 217 cm³/mol. The molecule has 12 rings (SSSR count). The molecule has 250 valence electrons. The quantitative estimate of drug-likeness (QED) is 0.180. The zero-order valence-electron chi connectivity index (χ0n) is 28.7. The molecule has 5 nitrogen and oxygen atoms in total. The number of nitrogens with zero attached hydrogens (tertiary/aromatic N) is 5. The van der Waals surface area contributed by atoms with Gasteiger partial charge in [-0.05, 0) is 107 Å². The highest BCUT2D eigenvalue weighted by Crippen LogP contribution is 2.61. The number of nitriles is 1. The number of benzene rings is 6. The van der Waals surface area contributed by atoms with E-state index in [4.69, 9.17) is 9.97 Å². The average molecular weight is 706 g/mol.